The van der Waals surface area contributed by atoms with Crippen LogP contribution in [-0.2, 0) is 16.4 Å². The van der Waals surface area contributed by atoms with Gasteiger partial charge < -0.3 is 14.5 Å². The lowest BCUT2D eigenvalue weighted by atomic mass is 10.0. The van der Waals surface area contributed by atoms with E-state index >= 15 is 0 Å². The summed E-state index contributed by atoms with van der Waals surface area (Å²) >= 11 is 1.53. The van der Waals surface area contributed by atoms with E-state index in [1.165, 1.54) is 17.4 Å². The molecule has 1 aromatic carbocycles. The lowest BCUT2D eigenvalue weighted by Crippen LogP contribution is -2.42. The SMILES string of the molecule is CC(C)Oc1ccc(S(N)(=O)=O)cc1Cc1nc(-c2ccc(N3CCC(N(C)C)CC3)nc2)cs1. The number of ether oxygens (including phenoxy) is 1. The molecule has 0 spiro atoms. The van der Waals surface area contributed by atoms with Crippen LogP contribution in [0, 0.1) is 0 Å². The van der Waals surface area contributed by atoms with E-state index in [9.17, 15) is 8.42 Å². The standard InChI is InChI=1S/C25H33N5O3S2/c1-17(2)33-23-7-6-21(35(26,31)32)13-19(23)14-25-28-22(16-34-25)18-5-8-24(27-15-18)30-11-9-20(10-12-30)29(3)4/h5-8,13,15-17,20H,9-12,14H2,1-4H3,(H2,26,31,32). The van der Waals surface area contributed by atoms with Gasteiger partial charge in [0, 0.05) is 48.3 Å². The molecule has 1 aliphatic heterocycles. The first-order valence-corrected chi connectivity index (χ1v) is 14.2. The van der Waals surface area contributed by atoms with Crippen LogP contribution < -0.4 is 14.8 Å². The predicted molar refractivity (Wildman–Crippen MR) is 141 cm³/mol. The molecule has 3 aromatic rings. The zero-order chi connectivity index (χ0) is 25.2. The molecule has 1 saturated heterocycles. The smallest absolute Gasteiger partial charge is 0.238 e. The van der Waals surface area contributed by atoms with E-state index in [-0.39, 0.29) is 11.0 Å². The highest BCUT2D eigenvalue weighted by atomic mass is 32.2. The molecule has 0 unspecified atom stereocenters. The Labute approximate surface area is 211 Å². The summed E-state index contributed by atoms with van der Waals surface area (Å²) in [6.45, 7) is 5.88. The first-order valence-electron chi connectivity index (χ1n) is 11.7. The quantitative estimate of drug-likeness (QED) is 0.487. The molecule has 0 amide bonds. The molecule has 0 bridgehead atoms. The van der Waals surface area contributed by atoms with Gasteiger partial charge in [-0.1, -0.05) is 0 Å². The second-order valence-electron chi connectivity index (χ2n) is 9.37. The maximum atomic E-state index is 11.9. The van der Waals surface area contributed by atoms with Crippen LogP contribution in [-0.4, -0.2) is 62.6 Å². The third kappa shape index (κ3) is 6.38. The molecule has 0 saturated carbocycles. The van der Waals surface area contributed by atoms with Crippen LogP contribution in [0.4, 0.5) is 5.82 Å². The van der Waals surface area contributed by atoms with Gasteiger partial charge in [-0.05, 0) is 71.1 Å². The van der Waals surface area contributed by atoms with Gasteiger partial charge in [-0.3, -0.25) is 0 Å². The van der Waals surface area contributed by atoms with Gasteiger partial charge in [0.05, 0.1) is 21.7 Å². The van der Waals surface area contributed by atoms with Crippen LogP contribution in [0.5, 0.6) is 5.75 Å². The van der Waals surface area contributed by atoms with E-state index in [2.05, 4.69) is 36.0 Å². The Hall–Kier alpha value is -2.53. The third-order valence-corrected chi connectivity index (χ3v) is 7.94. The molecule has 8 nitrogen and oxygen atoms in total. The van der Waals surface area contributed by atoms with Gasteiger partial charge in [0.1, 0.15) is 11.6 Å². The Kier molecular flexibility index (Phi) is 7.75. The molecular formula is C25H33N5O3S2. The van der Waals surface area contributed by atoms with Gasteiger partial charge in [0.25, 0.3) is 0 Å². The van der Waals surface area contributed by atoms with Crippen LogP contribution in [0.2, 0.25) is 0 Å². The number of aromatic nitrogens is 2. The number of hydrogen-bond donors (Lipinski definition) is 1. The lowest BCUT2D eigenvalue weighted by molar-refractivity contribution is 0.240. The average molecular weight is 516 g/mol. The number of sulfonamides is 1. The fourth-order valence-corrected chi connectivity index (χ4v) is 5.65. The number of benzene rings is 1. The Morgan fingerprint density at radius 2 is 1.94 bits per heavy atom. The maximum Gasteiger partial charge on any atom is 0.238 e. The minimum Gasteiger partial charge on any atom is -0.491 e. The fraction of sp³-hybridized carbons (Fsp3) is 0.440. The van der Waals surface area contributed by atoms with Gasteiger partial charge in [-0.15, -0.1) is 11.3 Å². The first kappa shape index (κ1) is 25.6. The Morgan fingerprint density at radius 3 is 2.54 bits per heavy atom. The van der Waals surface area contributed by atoms with Gasteiger partial charge >= 0.3 is 0 Å². The van der Waals surface area contributed by atoms with Crippen molar-refractivity contribution in [3.05, 3.63) is 52.5 Å². The number of thiazole rings is 1. The van der Waals surface area contributed by atoms with Crippen LogP contribution in [0.1, 0.15) is 37.3 Å². The molecule has 4 rings (SSSR count). The van der Waals surface area contributed by atoms with Gasteiger partial charge in [-0.2, -0.15) is 0 Å². The van der Waals surface area contributed by atoms with Crippen molar-refractivity contribution in [2.45, 2.75) is 50.2 Å². The number of primary sulfonamides is 1. The Balaban J connectivity index is 1.49. The zero-order valence-corrected chi connectivity index (χ0v) is 22.3. The van der Waals surface area contributed by atoms with E-state index < -0.39 is 10.0 Å². The second-order valence-corrected chi connectivity index (χ2v) is 11.9. The predicted octanol–water partition coefficient (Wildman–Crippen LogP) is 3.76. The Bertz CT molecular complexity index is 1250. The molecule has 2 aromatic heterocycles. The van der Waals surface area contributed by atoms with Crippen molar-refractivity contribution < 1.29 is 13.2 Å². The summed E-state index contributed by atoms with van der Waals surface area (Å²) in [5, 5.41) is 8.20. The molecule has 1 aliphatic rings. The molecule has 2 N–H and O–H groups in total. The van der Waals surface area contributed by atoms with E-state index in [4.69, 9.17) is 19.8 Å². The van der Waals surface area contributed by atoms with Crippen molar-refractivity contribution in [3.63, 3.8) is 0 Å². The van der Waals surface area contributed by atoms with Crippen LogP contribution in [0.15, 0.2) is 46.8 Å². The number of hydrogen-bond acceptors (Lipinski definition) is 8. The van der Waals surface area contributed by atoms with Gasteiger partial charge in [0.2, 0.25) is 10.0 Å². The van der Waals surface area contributed by atoms with Gasteiger partial charge in [0.15, 0.2) is 0 Å². The normalized spacial score (nSPS) is 15.2. The highest BCUT2D eigenvalue weighted by Crippen LogP contribution is 2.29. The molecule has 0 aliphatic carbocycles. The number of nitrogens with two attached hydrogens (primary N) is 1. The molecular weight excluding hydrogens is 482 g/mol. The van der Waals surface area contributed by atoms with Crippen LogP contribution >= 0.6 is 11.3 Å². The summed E-state index contributed by atoms with van der Waals surface area (Å²) in [7, 11) is 0.478. The molecule has 0 atom stereocenters. The monoisotopic (exact) mass is 515 g/mol. The average Bonchev–Trinajstić information content (AvgIpc) is 3.28. The number of piperidine rings is 1. The fourth-order valence-electron chi connectivity index (χ4n) is 4.26. The first-order chi connectivity index (χ1) is 16.6. The molecule has 0 radical (unpaired) electrons. The molecule has 1 fully saturated rings. The number of nitrogens with zero attached hydrogens (tertiary/aromatic N) is 4. The van der Waals surface area contributed by atoms with Crippen molar-refractivity contribution >= 4 is 27.2 Å². The van der Waals surface area contributed by atoms with Crippen molar-refractivity contribution in [1.29, 1.82) is 0 Å². The summed E-state index contributed by atoms with van der Waals surface area (Å²) in [6, 6.07) is 9.47. The van der Waals surface area contributed by atoms with Crippen LogP contribution in [0.25, 0.3) is 11.3 Å². The highest BCUT2D eigenvalue weighted by Gasteiger charge is 2.21. The van der Waals surface area contributed by atoms with E-state index in [0.717, 1.165) is 53.6 Å². The molecule has 188 valence electrons. The van der Waals surface area contributed by atoms with E-state index in [1.54, 1.807) is 12.1 Å². The number of anilines is 1. The molecule has 3 heterocycles. The minimum atomic E-state index is -3.81. The second kappa shape index (κ2) is 10.6. The van der Waals surface area contributed by atoms with Crippen molar-refractivity contribution in [1.82, 2.24) is 14.9 Å². The summed E-state index contributed by atoms with van der Waals surface area (Å²) in [5.41, 5.74) is 2.54. The summed E-state index contributed by atoms with van der Waals surface area (Å²) < 4.78 is 29.6. The highest BCUT2D eigenvalue weighted by molar-refractivity contribution is 7.89. The van der Waals surface area contributed by atoms with Crippen LogP contribution in [0.3, 0.4) is 0 Å². The molecule has 35 heavy (non-hydrogen) atoms. The molecule has 10 heteroatoms. The third-order valence-electron chi connectivity index (χ3n) is 6.18. The maximum absolute atomic E-state index is 11.9. The summed E-state index contributed by atoms with van der Waals surface area (Å²) in [6.07, 6.45) is 4.56. The lowest BCUT2D eigenvalue weighted by Gasteiger charge is -2.35. The van der Waals surface area contributed by atoms with Crippen molar-refractivity contribution in [3.8, 4) is 17.0 Å². The number of rotatable bonds is 8. The van der Waals surface area contributed by atoms with E-state index in [1.807, 2.05) is 25.4 Å². The minimum absolute atomic E-state index is 0.0424. The zero-order valence-electron chi connectivity index (χ0n) is 20.6. The Morgan fingerprint density at radius 1 is 1.20 bits per heavy atom. The van der Waals surface area contributed by atoms with Crippen molar-refractivity contribution in [2.75, 3.05) is 32.1 Å². The number of pyridine rings is 1. The largest absolute Gasteiger partial charge is 0.491 e. The topological polar surface area (TPSA) is 102 Å². The van der Waals surface area contributed by atoms with Crippen molar-refractivity contribution in [2.24, 2.45) is 5.14 Å². The van der Waals surface area contributed by atoms with Gasteiger partial charge in [-0.25, -0.2) is 23.5 Å². The van der Waals surface area contributed by atoms with E-state index in [0.29, 0.717) is 18.2 Å². The summed E-state index contributed by atoms with van der Waals surface area (Å²) in [4.78, 5) is 14.2. The summed E-state index contributed by atoms with van der Waals surface area (Å²) in [5.74, 6) is 1.63.